The molecule has 8 heteroatoms. The van der Waals surface area contributed by atoms with Crippen molar-refractivity contribution in [2.75, 3.05) is 33.1 Å². The van der Waals surface area contributed by atoms with Crippen LogP contribution in [0.2, 0.25) is 5.02 Å². The number of amides is 1. The first-order chi connectivity index (χ1) is 12.9. The monoisotopic (exact) mass is 409 g/mol. The summed E-state index contributed by atoms with van der Waals surface area (Å²) in [5.41, 5.74) is 0.194. The Morgan fingerprint density at radius 1 is 1.11 bits per heavy atom. The van der Waals surface area contributed by atoms with E-state index in [0.29, 0.717) is 22.2 Å². The summed E-state index contributed by atoms with van der Waals surface area (Å²) >= 11 is 5.80. The average molecular weight is 410 g/mol. The van der Waals surface area contributed by atoms with Gasteiger partial charge in [-0.1, -0.05) is 23.7 Å². The van der Waals surface area contributed by atoms with E-state index >= 15 is 0 Å². The molecule has 0 saturated heterocycles. The maximum Gasteiger partial charge on any atom is 0.339 e. The fraction of sp³-hybridized carbons (Fsp3) is 0.263. The smallest absolute Gasteiger partial charge is 0.339 e. The van der Waals surface area contributed by atoms with Crippen LogP contribution in [0.5, 0.6) is 5.75 Å². The molecule has 0 heterocycles. The fourth-order valence-corrected chi connectivity index (χ4v) is 3.01. The van der Waals surface area contributed by atoms with Gasteiger partial charge in [0.2, 0.25) is 0 Å². The van der Waals surface area contributed by atoms with Crippen LogP contribution in [-0.2, 0) is 20.3 Å². The van der Waals surface area contributed by atoms with Crippen molar-refractivity contribution in [3.63, 3.8) is 0 Å². The number of carbonyl (C=O) groups excluding carboxylic acids is 2. The lowest BCUT2D eigenvalue weighted by Gasteiger charge is -2.17. The molecule has 144 valence electrons. The molecule has 0 radical (unpaired) electrons. The number of halogens is 1. The molecule has 0 N–H and O–H groups in total. The van der Waals surface area contributed by atoms with Gasteiger partial charge in [0.15, 0.2) is 6.61 Å². The number of ether oxygens (including phenoxy) is 2. The summed E-state index contributed by atoms with van der Waals surface area (Å²) in [5, 5.41) is 0.616. The zero-order chi connectivity index (χ0) is 19.8. The van der Waals surface area contributed by atoms with Crippen LogP contribution in [0.25, 0.3) is 0 Å². The molecule has 2 rings (SSSR count). The van der Waals surface area contributed by atoms with Crippen LogP contribution in [-0.4, -0.2) is 54.0 Å². The Morgan fingerprint density at radius 2 is 1.78 bits per heavy atom. The number of esters is 1. The third-order valence-corrected chi connectivity index (χ3v) is 4.91. The SMILES string of the molecule is CN(CCOc1ccc(Cl)cc1)C(=O)COC(=O)c1ccccc1[S@@](C)=O. The Balaban J connectivity index is 1.80. The summed E-state index contributed by atoms with van der Waals surface area (Å²) < 4.78 is 22.3. The average Bonchev–Trinajstić information content (AvgIpc) is 2.67. The van der Waals surface area contributed by atoms with Crippen molar-refractivity contribution in [3.05, 3.63) is 59.1 Å². The van der Waals surface area contributed by atoms with Crippen LogP contribution >= 0.6 is 11.6 Å². The quantitative estimate of drug-likeness (QED) is 0.627. The van der Waals surface area contributed by atoms with Gasteiger partial charge in [0.25, 0.3) is 5.91 Å². The highest BCUT2D eigenvalue weighted by molar-refractivity contribution is 7.84. The van der Waals surface area contributed by atoms with E-state index in [2.05, 4.69) is 0 Å². The van der Waals surface area contributed by atoms with Gasteiger partial charge in [-0.15, -0.1) is 0 Å². The first-order valence-electron chi connectivity index (χ1n) is 8.10. The summed E-state index contributed by atoms with van der Waals surface area (Å²) in [4.78, 5) is 26.0. The van der Waals surface area contributed by atoms with Gasteiger partial charge in [-0.3, -0.25) is 9.00 Å². The van der Waals surface area contributed by atoms with Crippen LogP contribution in [0.1, 0.15) is 10.4 Å². The highest BCUT2D eigenvalue weighted by atomic mass is 35.5. The van der Waals surface area contributed by atoms with Crippen molar-refractivity contribution >= 4 is 34.3 Å². The summed E-state index contributed by atoms with van der Waals surface area (Å²) in [6.45, 7) is 0.213. The van der Waals surface area contributed by atoms with E-state index in [9.17, 15) is 13.8 Å². The second-order valence-corrected chi connectivity index (χ2v) is 7.43. The van der Waals surface area contributed by atoms with Gasteiger partial charge >= 0.3 is 5.97 Å². The van der Waals surface area contributed by atoms with Crippen LogP contribution in [0, 0.1) is 0 Å². The first-order valence-corrected chi connectivity index (χ1v) is 10.0. The second kappa shape index (κ2) is 10.1. The lowest BCUT2D eigenvalue weighted by atomic mass is 10.2. The third-order valence-electron chi connectivity index (χ3n) is 3.68. The van der Waals surface area contributed by atoms with E-state index in [1.54, 1.807) is 49.5 Å². The van der Waals surface area contributed by atoms with Gasteiger partial charge in [0, 0.05) is 18.3 Å². The van der Waals surface area contributed by atoms with Crippen molar-refractivity contribution in [2.24, 2.45) is 0 Å². The summed E-state index contributed by atoms with van der Waals surface area (Å²) in [5.74, 6) is -0.394. The van der Waals surface area contributed by atoms with Crippen molar-refractivity contribution < 1.29 is 23.3 Å². The molecule has 1 amide bonds. The van der Waals surface area contributed by atoms with Crippen molar-refractivity contribution in [3.8, 4) is 5.75 Å². The van der Waals surface area contributed by atoms with Gasteiger partial charge in [0.05, 0.1) is 27.8 Å². The molecule has 0 aliphatic rings. The maximum atomic E-state index is 12.2. The first kappa shape index (κ1) is 20.9. The molecular weight excluding hydrogens is 390 g/mol. The molecule has 2 aromatic rings. The Morgan fingerprint density at radius 3 is 2.44 bits per heavy atom. The Bertz CT molecular complexity index is 825. The molecule has 0 bridgehead atoms. The normalized spacial score (nSPS) is 11.5. The van der Waals surface area contributed by atoms with Crippen molar-refractivity contribution in [1.82, 2.24) is 4.90 Å². The van der Waals surface area contributed by atoms with E-state index in [1.807, 2.05) is 0 Å². The summed E-state index contributed by atoms with van der Waals surface area (Å²) in [6.07, 6.45) is 1.48. The van der Waals surface area contributed by atoms with E-state index in [-0.39, 0.29) is 18.1 Å². The minimum absolute atomic E-state index is 0.194. The maximum absolute atomic E-state index is 12.2. The van der Waals surface area contributed by atoms with Gasteiger partial charge in [-0.2, -0.15) is 0 Å². The number of hydrogen-bond donors (Lipinski definition) is 0. The van der Waals surface area contributed by atoms with Gasteiger partial charge in [-0.25, -0.2) is 4.79 Å². The van der Waals surface area contributed by atoms with E-state index in [0.717, 1.165) is 0 Å². The Hall–Kier alpha value is -2.38. The molecule has 0 fully saturated rings. The predicted molar refractivity (Wildman–Crippen MR) is 104 cm³/mol. The van der Waals surface area contributed by atoms with Crippen LogP contribution in [0.3, 0.4) is 0 Å². The number of benzene rings is 2. The minimum atomic E-state index is -1.33. The minimum Gasteiger partial charge on any atom is -0.492 e. The number of rotatable bonds is 8. The lowest BCUT2D eigenvalue weighted by Crippen LogP contribution is -2.34. The van der Waals surface area contributed by atoms with E-state index in [4.69, 9.17) is 21.1 Å². The number of hydrogen-bond acceptors (Lipinski definition) is 5. The molecule has 0 spiro atoms. The fourth-order valence-electron chi connectivity index (χ4n) is 2.16. The lowest BCUT2D eigenvalue weighted by molar-refractivity contribution is -0.133. The third kappa shape index (κ3) is 6.37. The zero-order valence-corrected chi connectivity index (χ0v) is 16.6. The van der Waals surface area contributed by atoms with Gasteiger partial charge < -0.3 is 14.4 Å². The largest absolute Gasteiger partial charge is 0.492 e. The van der Waals surface area contributed by atoms with Crippen LogP contribution in [0.15, 0.2) is 53.4 Å². The Kier molecular flexibility index (Phi) is 7.82. The molecular formula is C19H20ClNO5S. The molecule has 0 aromatic heterocycles. The number of likely N-dealkylation sites (N-methyl/N-ethyl adjacent to an activating group) is 1. The number of nitrogens with zero attached hydrogens (tertiary/aromatic N) is 1. The van der Waals surface area contributed by atoms with E-state index < -0.39 is 23.4 Å². The highest BCUT2D eigenvalue weighted by Gasteiger charge is 2.17. The van der Waals surface area contributed by atoms with Crippen LogP contribution in [0.4, 0.5) is 0 Å². The highest BCUT2D eigenvalue weighted by Crippen LogP contribution is 2.15. The zero-order valence-electron chi connectivity index (χ0n) is 15.0. The van der Waals surface area contributed by atoms with Crippen molar-refractivity contribution in [2.45, 2.75) is 4.90 Å². The van der Waals surface area contributed by atoms with Gasteiger partial charge in [-0.05, 0) is 36.4 Å². The Labute approximate surface area is 165 Å². The molecule has 2 aromatic carbocycles. The summed E-state index contributed by atoms with van der Waals surface area (Å²) in [6, 6.07) is 13.4. The second-order valence-electron chi connectivity index (χ2n) is 5.64. The topological polar surface area (TPSA) is 72.9 Å². The van der Waals surface area contributed by atoms with Crippen molar-refractivity contribution in [1.29, 1.82) is 0 Å². The number of carbonyl (C=O) groups is 2. The van der Waals surface area contributed by atoms with E-state index in [1.165, 1.54) is 17.2 Å². The molecule has 0 aliphatic carbocycles. The predicted octanol–water partition coefficient (Wildman–Crippen LogP) is 2.77. The van der Waals surface area contributed by atoms with Gasteiger partial charge in [0.1, 0.15) is 12.4 Å². The molecule has 1 atom stereocenters. The molecule has 0 unspecified atom stereocenters. The standard InChI is InChI=1S/C19H20ClNO5S/c1-21(11-12-25-15-9-7-14(20)8-10-15)18(22)13-26-19(23)16-5-3-4-6-17(16)27(2)24/h3-10H,11-13H2,1-2H3/t27-/m1/s1. The molecule has 0 aliphatic heterocycles. The molecule has 27 heavy (non-hydrogen) atoms. The summed E-state index contributed by atoms with van der Waals surface area (Å²) in [7, 11) is 0.264. The molecule has 6 nitrogen and oxygen atoms in total. The molecule has 0 saturated carbocycles. The van der Waals surface area contributed by atoms with Crippen LogP contribution < -0.4 is 4.74 Å².